The van der Waals surface area contributed by atoms with Crippen molar-refractivity contribution in [2.24, 2.45) is 10.7 Å². The second-order valence-electron chi connectivity index (χ2n) is 8.06. The van der Waals surface area contributed by atoms with Crippen LogP contribution in [0.3, 0.4) is 0 Å². The van der Waals surface area contributed by atoms with E-state index in [0.717, 1.165) is 16.8 Å². The van der Waals surface area contributed by atoms with Crippen LogP contribution in [0.4, 0.5) is 20.2 Å². The lowest BCUT2D eigenvalue weighted by Crippen LogP contribution is -2.56. The molecule has 2 aromatic carbocycles. The summed E-state index contributed by atoms with van der Waals surface area (Å²) in [4.78, 5) is 18.8. The minimum absolute atomic E-state index is 0.239. The Morgan fingerprint density at radius 3 is 2.42 bits per heavy atom. The van der Waals surface area contributed by atoms with Gasteiger partial charge < -0.3 is 20.7 Å². The summed E-state index contributed by atoms with van der Waals surface area (Å²) in [6, 6.07) is 15.9. The van der Waals surface area contributed by atoms with Gasteiger partial charge in [0, 0.05) is 22.6 Å². The molecule has 0 aromatic heterocycles. The Kier molecular flexibility index (Phi) is 6.18. The molecule has 1 atom stereocenters. The van der Waals surface area contributed by atoms with Crippen LogP contribution in [0.2, 0.25) is 0 Å². The fraction of sp³-hybridized carbons (Fsp3) is 0.280. The number of nitrogens with zero attached hydrogens (tertiary/aromatic N) is 2. The number of hydrogen-bond donors (Lipinski definition) is 2. The second kappa shape index (κ2) is 9.05. The average Bonchev–Trinajstić information content (AvgIpc) is 2.77. The van der Waals surface area contributed by atoms with Gasteiger partial charge in [-0.1, -0.05) is 30.3 Å². The van der Waals surface area contributed by atoms with Crippen LogP contribution >= 0.6 is 0 Å². The van der Waals surface area contributed by atoms with E-state index in [-0.39, 0.29) is 19.7 Å². The molecular weight excluding hydrogens is 426 g/mol. The van der Waals surface area contributed by atoms with Crippen LogP contribution in [-0.4, -0.2) is 43.5 Å². The molecule has 0 saturated carbocycles. The molecule has 172 valence electrons. The predicted octanol–water partition coefficient (Wildman–Crippen LogP) is 4.21. The Hall–Kier alpha value is -3.68. The van der Waals surface area contributed by atoms with Crippen molar-refractivity contribution in [1.29, 1.82) is 0 Å². The first-order chi connectivity index (χ1) is 15.8. The molecular formula is C25H26F2N4O2. The van der Waals surface area contributed by atoms with E-state index < -0.39 is 17.9 Å². The maximum Gasteiger partial charge on any atom is 0.334 e. The maximum atomic E-state index is 13.3. The number of nitrogens with two attached hydrogens (primary N) is 1. The Balaban J connectivity index is 1.70. The van der Waals surface area contributed by atoms with Gasteiger partial charge in [-0.15, -0.1) is 0 Å². The molecule has 0 radical (unpaired) electrons. The maximum absolute atomic E-state index is 13.3. The van der Waals surface area contributed by atoms with Gasteiger partial charge in [-0.2, -0.15) is 0 Å². The zero-order chi connectivity index (χ0) is 23.6. The molecule has 8 heteroatoms. The highest BCUT2D eigenvalue weighted by atomic mass is 19.3. The van der Waals surface area contributed by atoms with Crippen LogP contribution in [0.25, 0.3) is 5.57 Å². The third-order valence-electron chi connectivity index (χ3n) is 5.45. The van der Waals surface area contributed by atoms with E-state index in [4.69, 9.17) is 10.5 Å². The van der Waals surface area contributed by atoms with Crippen LogP contribution in [0.1, 0.15) is 19.4 Å². The number of alkyl halides is 2. The molecule has 2 aromatic rings. The van der Waals surface area contributed by atoms with E-state index in [0.29, 0.717) is 22.8 Å². The Bertz CT molecular complexity index is 1110. The number of para-hydroxylation sites is 1. The molecule has 1 unspecified atom stereocenters. The quantitative estimate of drug-likeness (QED) is 0.665. The fourth-order valence-corrected chi connectivity index (χ4v) is 3.90. The summed E-state index contributed by atoms with van der Waals surface area (Å²) < 4.78 is 31.7. The predicted molar refractivity (Wildman–Crippen MR) is 126 cm³/mol. The fourth-order valence-electron chi connectivity index (χ4n) is 3.90. The molecule has 2 aliphatic heterocycles. The standard InChI is InChI=1S/C25H26F2N4O2/c1-3-33-24(32)21-13-20(17-9-11-19(12-10-17)31-14-25(26,27)15-31)22(16(2)28)23(30-21)29-18-7-5-4-6-8-18/h4-13,21H,3,14-15,28H2,1-2H3,(H,29,30). The van der Waals surface area contributed by atoms with E-state index in [1.807, 2.05) is 42.5 Å². The number of carbonyl (C=O) groups is 1. The Morgan fingerprint density at radius 2 is 1.85 bits per heavy atom. The van der Waals surface area contributed by atoms with Crippen LogP contribution < -0.4 is 16.0 Å². The minimum atomic E-state index is -2.64. The van der Waals surface area contributed by atoms with Gasteiger partial charge in [0.1, 0.15) is 5.84 Å². The van der Waals surface area contributed by atoms with Crippen molar-refractivity contribution in [3.05, 3.63) is 77.5 Å². The number of hydrogen-bond acceptors (Lipinski definition) is 6. The van der Waals surface area contributed by atoms with E-state index >= 15 is 0 Å². The summed E-state index contributed by atoms with van der Waals surface area (Å²) in [5.74, 6) is -2.64. The molecule has 4 rings (SSSR count). The van der Waals surface area contributed by atoms with E-state index in [1.54, 1.807) is 37.0 Å². The lowest BCUT2D eigenvalue weighted by molar-refractivity contribution is -0.143. The van der Waals surface area contributed by atoms with Gasteiger partial charge in [0.15, 0.2) is 6.04 Å². The number of carbonyl (C=O) groups excluding carboxylic acids is 1. The number of dihydropyridines is 1. The Morgan fingerprint density at radius 1 is 1.18 bits per heavy atom. The minimum Gasteiger partial charge on any atom is -0.464 e. The van der Waals surface area contributed by atoms with Crippen molar-refractivity contribution in [2.75, 3.05) is 29.9 Å². The van der Waals surface area contributed by atoms with Crippen molar-refractivity contribution in [2.45, 2.75) is 25.8 Å². The SMILES string of the molecule is CCOC(=O)C1C=C(c2ccc(N3CC(F)(F)C3)cc2)C(=C(C)N)C(Nc2ccccc2)=N1. The smallest absolute Gasteiger partial charge is 0.334 e. The summed E-state index contributed by atoms with van der Waals surface area (Å²) in [6.07, 6.45) is 1.73. The molecule has 1 fully saturated rings. The van der Waals surface area contributed by atoms with Gasteiger partial charge in [-0.3, -0.25) is 0 Å². The van der Waals surface area contributed by atoms with Crippen molar-refractivity contribution in [3.8, 4) is 0 Å². The summed E-state index contributed by atoms with van der Waals surface area (Å²) in [5, 5.41) is 3.27. The van der Waals surface area contributed by atoms with Crippen molar-refractivity contribution in [3.63, 3.8) is 0 Å². The largest absolute Gasteiger partial charge is 0.464 e. The number of amidine groups is 1. The lowest BCUT2D eigenvalue weighted by atomic mass is 9.90. The number of halogens is 2. The van der Waals surface area contributed by atoms with E-state index in [2.05, 4.69) is 10.3 Å². The monoisotopic (exact) mass is 452 g/mol. The third-order valence-corrected chi connectivity index (χ3v) is 5.45. The number of esters is 1. The van der Waals surface area contributed by atoms with Gasteiger partial charge in [-0.05, 0) is 55.3 Å². The second-order valence-corrected chi connectivity index (χ2v) is 8.06. The molecule has 0 bridgehead atoms. The summed E-state index contributed by atoms with van der Waals surface area (Å²) >= 11 is 0. The third kappa shape index (κ3) is 4.89. The number of ether oxygens (including phenoxy) is 1. The van der Waals surface area contributed by atoms with E-state index in [9.17, 15) is 13.6 Å². The summed E-state index contributed by atoms with van der Waals surface area (Å²) in [6.45, 7) is 3.18. The summed E-state index contributed by atoms with van der Waals surface area (Å²) in [7, 11) is 0. The molecule has 33 heavy (non-hydrogen) atoms. The number of rotatable bonds is 5. The Labute approximate surface area is 191 Å². The highest BCUT2D eigenvalue weighted by Gasteiger charge is 2.43. The molecule has 2 aliphatic rings. The number of allylic oxidation sites excluding steroid dienone is 1. The normalized spacial score (nSPS) is 20.8. The van der Waals surface area contributed by atoms with Gasteiger partial charge >= 0.3 is 5.97 Å². The van der Waals surface area contributed by atoms with E-state index in [1.165, 1.54) is 0 Å². The zero-order valence-corrected chi connectivity index (χ0v) is 18.5. The first-order valence-corrected chi connectivity index (χ1v) is 10.8. The molecule has 0 aliphatic carbocycles. The van der Waals surface area contributed by atoms with Crippen molar-refractivity contribution in [1.82, 2.24) is 0 Å². The number of nitrogens with one attached hydrogen (secondary N) is 1. The molecule has 6 nitrogen and oxygen atoms in total. The number of anilines is 2. The molecule has 3 N–H and O–H groups in total. The topological polar surface area (TPSA) is 80.0 Å². The number of benzene rings is 2. The van der Waals surface area contributed by atoms with Gasteiger partial charge in [0.05, 0.1) is 19.7 Å². The van der Waals surface area contributed by atoms with Crippen molar-refractivity contribution >= 4 is 28.8 Å². The molecule has 0 amide bonds. The lowest BCUT2D eigenvalue weighted by Gasteiger charge is -2.40. The molecule has 1 saturated heterocycles. The highest BCUT2D eigenvalue weighted by molar-refractivity contribution is 6.20. The average molecular weight is 453 g/mol. The zero-order valence-electron chi connectivity index (χ0n) is 18.5. The van der Waals surface area contributed by atoms with Gasteiger partial charge in [0.25, 0.3) is 5.92 Å². The van der Waals surface area contributed by atoms with Crippen LogP contribution in [0.5, 0.6) is 0 Å². The van der Waals surface area contributed by atoms with Crippen LogP contribution in [0, 0.1) is 0 Å². The first-order valence-electron chi connectivity index (χ1n) is 10.8. The first kappa shape index (κ1) is 22.5. The van der Waals surface area contributed by atoms with Crippen LogP contribution in [-0.2, 0) is 9.53 Å². The number of aliphatic imine (C=N–C) groups is 1. The molecule has 0 spiro atoms. The highest BCUT2D eigenvalue weighted by Crippen LogP contribution is 2.35. The summed E-state index contributed by atoms with van der Waals surface area (Å²) in [5.41, 5.74) is 10.5. The van der Waals surface area contributed by atoms with Crippen LogP contribution in [0.15, 0.2) is 76.9 Å². The van der Waals surface area contributed by atoms with Gasteiger partial charge in [0.2, 0.25) is 0 Å². The molecule has 2 heterocycles. The van der Waals surface area contributed by atoms with Gasteiger partial charge in [-0.25, -0.2) is 18.6 Å². The van der Waals surface area contributed by atoms with Crippen molar-refractivity contribution < 1.29 is 18.3 Å².